The molecule has 4 fully saturated rings. The molecule has 0 heterocycles. The Morgan fingerprint density at radius 1 is 1.31 bits per heavy atom. The molecule has 1 heteroatoms. The molecular weight excluding hydrogens is 160 g/mol. The molecule has 0 unspecified atom stereocenters. The molecule has 4 aliphatic rings. The molecule has 0 saturated heterocycles. The van der Waals surface area contributed by atoms with E-state index in [2.05, 4.69) is 6.58 Å². The highest BCUT2D eigenvalue weighted by molar-refractivity contribution is 5.14. The monoisotopic (exact) mass is 178 g/mol. The summed E-state index contributed by atoms with van der Waals surface area (Å²) < 4.78 is 0. The Labute approximate surface area is 79.8 Å². The molecule has 1 nitrogen and oxygen atoms in total. The van der Waals surface area contributed by atoms with Gasteiger partial charge in [-0.2, -0.15) is 0 Å². The second-order valence-corrected chi connectivity index (χ2v) is 5.34. The van der Waals surface area contributed by atoms with Crippen LogP contribution in [0.3, 0.4) is 0 Å². The Morgan fingerprint density at radius 2 is 2.15 bits per heavy atom. The van der Waals surface area contributed by atoms with Gasteiger partial charge >= 0.3 is 0 Å². The molecule has 4 aliphatic carbocycles. The lowest BCUT2D eigenvalue weighted by atomic mass is 9.63. The fraction of sp³-hybridized carbons (Fsp3) is 0.833. The minimum atomic E-state index is -0.496. The molecule has 0 aromatic heterocycles. The third-order valence-corrected chi connectivity index (χ3v) is 4.84. The molecule has 0 spiro atoms. The Hall–Kier alpha value is -0.300. The van der Waals surface area contributed by atoms with E-state index in [4.69, 9.17) is 0 Å². The molecular formula is C12H18O. The van der Waals surface area contributed by atoms with Crippen molar-refractivity contribution in [2.24, 2.45) is 23.7 Å². The highest BCUT2D eigenvalue weighted by atomic mass is 16.3. The summed E-state index contributed by atoms with van der Waals surface area (Å²) >= 11 is 0. The zero-order chi connectivity index (χ0) is 9.05. The molecule has 4 rings (SSSR count). The van der Waals surface area contributed by atoms with E-state index in [0.717, 1.165) is 24.2 Å². The van der Waals surface area contributed by atoms with E-state index < -0.39 is 5.60 Å². The molecule has 4 bridgehead atoms. The van der Waals surface area contributed by atoms with Gasteiger partial charge in [-0.15, -0.1) is 6.58 Å². The lowest BCUT2D eigenvalue weighted by Gasteiger charge is -2.43. The second-order valence-electron chi connectivity index (χ2n) is 5.34. The number of rotatable bonds is 1. The molecule has 13 heavy (non-hydrogen) atoms. The Balaban J connectivity index is 1.97. The Morgan fingerprint density at radius 3 is 2.77 bits per heavy atom. The van der Waals surface area contributed by atoms with Crippen molar-refractivity contribution in [3.05, 3.63) is 12.7 Å². The van der Waals surface area contributed by atoms with E-state index in [0.29, 0.717) is 5.92 Å². The largest absolute Gasteiger partial charge is 0.385 e. The van der Waals surface area contributed by atoms with Crippen molar-refractivity contribution in [3.63, 3.8) is 0 Å². The number of aliphatic hydroxyl groups is 1. The zero-order valence-corrected chi connectivity index (χ0v) is 8.08. The maximum Gasteiger partial charge on any atom is 0.0858 e. The van der Waals surface area contributed by atoms with Crippen molar-refractivity contribution in [2.75, 3.05) is 0 Å². The van der Waals surface area contributed by atoms with Gasteiger partial charge in [0.25, 0.3) is 0 Å². The van der Waals surface area contributed by atoms with E-state index in [1.807, 2.05) is 6.08 Å². The van der Waals surface area contributed by atoms with Gasteiger partial charge in [0.1, 0.15) is 0 Å². The lowest BCUT2D eigenvalue weighted by Crippen LogP contribution is -2.39. The summed E-state index contributed by atoms with van der Waals surface area (Å²) in [6.45, 7) is 3.81. The molecule has 1 N–H and O–H groups in total. The minimum absolute atomic E-state index is 0.496. The third-order valence-electron chi connectivity index (χ3n) is 4.84. The van der Waals surface area contributed by atoms with Gasteiger partial charge < -0.3 is 5.11 Å². The van der Waals surface area contributed by atoms with Crippen LogP contribution in [-0.2, 0) is 0 Å². The fourth-order valence-electron chi connectivity index (χ4n) is 4.28. The first kappa shape index (κ1) is 8.05. The standard InChI is InChI=1S/C12H18O/c1-2-12(13)7-9-5-8-3-4-10(9)11(12)6-8/h2,8-11,13H,1,3-7H2/t8-,9-,10-,11-,12+/m1/s1. The van der Waals surface area contributed by atoms with Crippen LogP contribution in [0.2, 0.25) is 0 Å². The molecule has 4 saturated carbocycles. The van der Waals surface area contributed by atoms with Crippen molar-refractivity contribution in [3.8, 4) is 0 Å². The molecule has 0 amide bonds. The Bertz CT molecular complexity index is 248. The Kier molecular flexibility index (Phi) is 1.48. The molecule has 0 aromatic rings. The van der Waals surface area contributed by atoms with Crippen LogP contribution in [0.4, 0.5) is 0 Å². The van der Waals surface area contributed by atoms with E-state index in [1.165, 1.54) is 25.7 Å². The van der Waals surface area contributed by atoms with Crippen LogP contribution < -0.4 is 0 Å². The van der Waals surface area contributed by atoms with Crippen molar-refractivity contribution in [1.29, 1.82) is 0 Å². The van der Waals surface area contributed by atoms with Gasteiger partial charge in [-0.1, -0.05) is 12.5 Å². The molecule has 72 valence electrons. The zero-order valence-electron chi connectivity index (χ0n) is 8.08. The fourth-order valence-corrected chi connectivity index (χ4v) is 4.28. The van der Waals surface area contributed by atoms with Crippen molar-refractivity contribution in [2.45, 2.75) is 37.7 Å². The predicted octanol–water partition coefficient (Wildman–Crippen LogP) is 2.36. The highest BCUT2D eigenvalue weighted by Crippen LogP contribution is 2.60. The SMILES string of the molecule is C=C[C@]1(O)C[C@H]2C[C@H]3CC[C@H]2[C@H]1C3. The number of hydrogen-bond acceptors (Lipinski definition) is 1. The molecule has 0 radical (unpaired) electrons. The van der Waals surface area contributed by atoms with Crippen LogP contribution in [0.5, 0.6) is 0 Å². The minimum Gasteiger partial charge on any atom is -0.385 e. The summed E-state index contributed by atoms with van der Waals surface area (Å²) in [5.41, 5.74) is -0.496. The molecule has 5 atom stereocenters. The second kappa shape index (κ2) is 2.38. The van der Waals surface area contributed by atoms with Gasteiger partial charge in [-0.05, 0) is 49.4 Å². The van der Waals surface area contributed by atoms with Gasteiger partial charge in [-0.3, -0.25) is 0 Å². The van der Waals surface area contributed by atoms with Gasteiger partial charge in [0.05, 0.1) is 5.60 Å². The summed E-state index contributed by atoms with van der Waals surface area (Å²) in [5, 5.41) is 10.4. The van der Waals surface area contributed by atoms with E-state index >= 15 is 0 Å². The van der Waals surface area contributed by atoms with E-state index in [1.54, 1.807) is 0 Å². The summed E-state index contributed by atoms with van der Waals surface area (Å²) in [6, 6.07) is 0. The smallest absolute Gasteiger partial charge is 0.0858 e. The van der Waals surface area contributed by atoms with E-state index in [-0.39, 0.29) is 0 Å². The van der Waals surface area contributed by atoms with Gasteiger partial charge in [0.2, 0.25) is 0 Å². The average Bonchev–Trinajstić information content (AvgIpc) is 2.37. The third kappa shape index (κ3) is 0.914. The maximum absolute atomic E-state index is 10.4. The number of fused-ring (bicyclic) bond motifs is 1. The van der Waals surface area contributed by atoms with Crippen LogP contribution in [0.25, 0.3) is 0 Å². The van der Waals surface area contributed by atoms with E-state index in [9.17, 15) is 5.11 Å². The summed E-state index contributed by atoms with van der Waals surface area (Å²) in [4.78, 5) is 0. The summed E-state index contributed by atoms with van der Waals surface area (Å²) in [6.07, 6.45) is 8.27. The normalized spacial score (nSPS) is 58.2. The maximum atomic E-state index is 10.4. The van der Waals surface area contributed by atoms with Crippen molar-refractivity contribution >= 4 is 0 Å². The van der Waals surface area contributed by atoms with Crippen LogP contribution in [-0.4, -0.2) is 10.7 Å². The first-order valence-electron chi connectivity index (χ1n) is 5.59. The van der Waals surface area contributed by atoms with Gasteiger partial charge in [-0.25, -0.2) is 0 Å². The lowest BCUT2D eigenvalue weighted by molar-refractivity contribution is 0.00245. The summed E-state index contributed by atoms with van der Waals surface area (Å²) in [7, 11) is 0. The predicted molar refractivity (Wildman–Crippen MR) is 52.2 cm³/mol. The van der Waals surface area contributed by atoms with Crippen molar-refractivity contribution < 1.29 is 5.11 Å². The average molecular weight is 178 g/mol. The molecule has 0 aliphatic heterocycles. The molecule has 0 aromatic carbocycles. The van der Waals surface area contributed by atoms with Crippen LogP contribution >= 0.6 is 0 Å². The van der Waals surface area contributed by atoms with Crippen LogP contribution in [0.15, 0.2) is 12.7 Å². The van der Waals surface area contributed by atoms with Crippen LogP contribution in [0.1, 0.15) is 32.1 Å². The van der Waals surface area contributed by atoms with Gasteiger partial charge in [0, 0.05) is 0 Å². The van der Waals surface area contributed by atoms with Crippen LogP contribution in [0, 0.1) is 23.7 Å². The first-order valence-corrected chi connectivity index (χ1v) is 5.59. The first-order chi connectivity index (χ1) is 6.23. The topological polar surface area (TPSA) is 20.2 Å². The van der Waals surface area contributed by atoms with Gasteiger partial charge in [0.15, 0.2) is 0 Å². The summed E-state index contributed by atoms with van der Waals surface area (Å²) in [5.74, 6) is 3.13. The number of hydrogen-bond donors (Lipinski definition) is 1. The quantitative estimate of drug-likeness (QED) is 0.611. The highest BCUT2D eigenvalue weighted by Gasteiger charge is 2.56. The van der Waals surface area contributed by atoms with Crippen molar-refractivity contribution in [1.82, 2.24) is 0 Å².